The minimum Gasteiger partial charge on any atom is -0.452 e. The number of nitrogens with one attached hydrogen (secondary N) is 1. The van der Waals surface area contributed by atoms with Crippen LogP contribution < -0.4 is 10.2 Å². The second-order valence-electron chi connectivity index (χ2n) is 6.96. The molecule has 0 aliphatic carbocycles. The first-order valence-corrected chi connectivity index (χ1v) is 9.54. The van der Waals surface area contributed by atoms with Crippen LogP contribution in [0.4, 0.5) is 15.8 Å². The molecule has 6 nitrogen and oxygen atoms in total. The van der Waals surface area contributed by atoms with Crippen LogP contribution in [0.1, 0.15) is 25.8 Å². The van der Waals surface area contributed by atoms with Gasteiger partial charge in [0.05, 0.1) is 5.92 Å². The largest absolute Gasteiger partial charge is 0.452 e. The summed E-state index contributed by atoms with van der Waals surface area (Å²) in [7, 11) is 0. The lowest BCUT2D eigenvalue weighted by Gasteiger charge is -2.20. The SMILES string of the molecule is CCc1ccccc1N1C[C@H](C(=O)O[C@H](C)C(=O)Nc2ccc(F)cc2)CC1=O. The number of halogens is 1. The number of hydrogen-bond acceptors (Lipinski definition) is 4. The van der Waals surface area contributed by atoms with Crippen molar-refractivity contribution in [3.05, 3.63) is 59.9 Å². The van der Waals surface area contributed by atoms with Gasteiger partial charge in [-0.15, -0.1) is 0 Å². The highest BCUT2D eigenvalue weighted by Gasteiger charge is 2.37. The first-order chi connectivity index (χ1) is 13.9. The van der Waals surface area contributed by atoms with Crippen LogP contribution in [0.3, 0.4) is 0 Å². The number of hydrogen-bond donors (Lipinski definition) is 1. The fourth-order valence-corrected chi connectivity index (χ4v) is 3.27. The summed E-state index contributed by atoms with van der Waals surface area (Å²) >= 11 is 0. The standard InChI is InChI=1S/C22H23FN2O4/c1-3-15-6-4-5-7-19(15)25-13-16(12-20(25)26)22(28)29-14(2)21(27)24-18-10-8-17(23)9-11-18/h4-11,14,16H,3,12-13H2,1-2H3,(H,24,27)/t14-,16-/m1/s1. The Labute approximate surface area is 168 Å². The third-order valence-electron chi connectivity index (χ3n) is 4.90. The summed E-state index contributed by atoms with van der Waals surface area (Å²) < 4.78 is 18.2. The summed E-state index contributed by atoms with van der Waals surface area (Å²) in [6, 6.07) is 12.9. The molecule has 0 aromatic heterocycles. The van der Waals surface area contributed by atoms with Gasteiger partial charge in [0.1, 0.15) is 5.82 Å². The van der Waals surface area contributed by atoms with E-state index in [0.29, 0.717) is 5.69 Å². The number of ether oxygens (including phenoxy) is 1. The highest BCUT2D eigenvalue weighted by Crippen LogP contribution is 2.29. The van der Waals surface area contributed by atoms with Gasteiger partial charge in [0.25, 0.3) is 5.91 Å². The number of nitrogens with zero attached hydrogens (tertiary/aromatic N) is 1. The average Bonchev–Trinajstić information content (AvgIpc) is 3.11. The zero-order chi connectivity index (χ0) is 21.0. The Balaban J connectivity index is 1.60. The van der Waals surface area contributed by atoms with Crippen molar-refractivity contribution in [3.8, 4) is 0 Å². The zero-order valence-electron chi connectivity index (χ0n) is 16.4. The van der Waals surface area contributed by atoms with Gasteiger partial charge in [0.2, 0.25) is 5.91 Å². The molecule has 0 radical (unpaired) electrons. The van der Waals surface area contributed by atoms with Crippen LogP contribution in [0.2, 0.25) is 0 Å². The molecule has 0 unspecified atom stereocenters. The lowest BCUT2D eigenvalue weighted by Crippen LogP contribution is -2.33. The molecule has 1 aliphatic heterocycles. The highest BCUT2D eigenvalue weighted by molar-refractivity contribution is 6.01. The maximum Gasteiger partial charge on any atom is 0.312 e. The van der Waals surface area contributed by atoms with E-state index in [9.17, 15) is 18.8 Å². The molecular weight excluding hydrogens is 375 g/mol. The Bertz CT molecular complexity index is 913. The van der Waals surface area contributed by atoms with Crippen LogP contribution in [0.25, 0.3) is 0 Å². The van der Waals surface area contributed by atoms with Crippen LogP contribution >= 0.6 is 0 Å². The second kappa shape index (κ2) is 8.86. The number of benzene rings is 2. The Morgan fingerprint density at radius 2 is 1.90 bits per heavy atom. The van der Waals surface area contributed by atoms with Gasteiger partial charge in [-0.25, -0.2) is 4.39 Å². The summed E-state index contributed by atoms with van der Waals surface area (Å²) in [6.07, 6.45) is -0.224. The van der Waals surface area contributed by atoms with Gasteiger partial charge in [0.15, 0.2) is 6.10 Å². The van der Waals surface area contributed by atoms with Crippen molar-refractivity contribution in [1.29, 1.82) is 0 Å². The van der Waals surface area contributed by atoms with E-state index in [2.05, 4.69) is 5.32 Å². The Hall–Kier alpha value is -3.22. The Kier molecular flexibility index (Phi) is 6.26. The summed E-state index contributed by atoms with van der Waals surface area (Å²) in [5.74, 6) is -2.30. The number of rotatable bonds is 6. The lowest BCUT2D eigenvalue weighted by molar-refractivity contribution is -0.157. The van der Waals surface area contributed by atoms with Crippen molar-refractivity contribution in [1.82, 2.24) is 0 Å². The molecule has 7 heteroatoms. The van der Waals surface area contributed by atoms with Crippen molar-refractivity contribution < 1.29 is 23.5 Å². The molecule has 1 N–H and O–H groups in total. The maximum absolute atomic E-state index is 12.9. The Morgan fingerprint density at radius 1 is 1.21 bits per heavy atom. The minimum absolute atomic E-state index is 0.0448. The number of carbonyl (C=O) groups is 3. The third-order valence-corrected chi connectivity index (χ3v) is 4.90. The van der Waals surface area contributed by atoms with Gasteiger partial charge >= 0.3 is 5.97 Å². The summed E-state index contributed by atoms with van der Waals surface area (Å²) in [4.78, 5) is 38.8. The van der Waals surface area contributed by atoms with E-state index < -0.39 is 29.7 Å². The predicted octanol–water partition coefficient (Wildman–Crippen LogP) is 3.31. The maximum atomic E-state index is 12.9. The molecule has 0 spiro atoms. The molecule has 2 aromatic rings. The fraction of sp³-hybridized carbons (Fsp3) is 0.318. The molecule has 1 saturated heterocycles. The normalized spacial score (nSPS) is 17.1. The lowest BCUT2D eigenvalue weighted by atomic mass is 10.1. The number of amides is 2. The van der Waals surface area contributed by atoms with Gasteiger partial charge in [-0.2, -0.15) is 0 Å². The molecule has 29 heavy (non-hydrogen) atoms. The van der Waals surface area contributed by atoms with Crippen LogP contribution in [0.15, 0.2) is 48.5 Å². The average molecular weight is 398 g/mol. The van der Waals surface area contributed by atoms with E-state index in [4.69, 9.17) is 4.74 Å². The van der Waals surface area contributed by atoms with Crippen LogP contribution in [-0.4, -0.2) is 30.4 Å². The summed E-state index contributed by atoms with van der Waals surface area (Å²) in [5, 5.41) is 2.56. The number of carbonyl (C=O) groups excluding carboxylic acids is 3. The zero-order valence-corrected chi connectivity index (χ0v) is 16.4. The quantitative estimate of drug-likeness (QED) is 0.758. The van der Waals surface area contributed by atoms with E-state index in [0.717, 1.165) is 17.7 Å². The van der Waals surface area contributed by atoms with Crippen LogP contribution in [0.5, 0.6) is 0 Å². The van der Waals surface area contributed by atoms with E-state index in [1.165, 1.54) is 31.2 Å². The molecular formula is C22H23FN2O4. The predicted molar refractivity (Wildman–Crippen MR) is 107 cm³/mol. The molecule has 2 aromatic carbocycles. The van der Waals surface area contributed by atoms with Gasteiger partial charge < -0.3 is 15.0 Å². The summed E-state index contributed by atoms with van der Waals surface area (Å²) in [6.45, 7) is 3.69. The van der Waals surface area contributed by atoms with E-state index in [-0.39, 0.29) is 18.9 Å². The van der Waals surface area contributed by atoms with E-state index >= 15 is 0 Å². The molecule has 2 amide bonds. The number of para-hydroxylation sites is 1. The van der Waals surface area contributed by atoms with Crippen molar-refractivity contribution in [2.24, 2.45) is 5.92 Å². The van der Waals surface area contributed by atoms with Crippen LogP contribution in [-0.2, 0) is 25.5 Å². The smallest absolute Gasteiger partial charge is 0.312 e. The van der Waals surface area contributed by atoms with Gasteiger partial charge in [-0.05, 0) is 49.2 Å². The van der Waals surface area contributed by atoms with Gasteiger partial charge in [0, 0.05) is 24.3 Å². The van der Waals surface area contributed by atoms with Crippen molar-refractivity contribution in [2.75, 3.05) is 16.8 Å². The molecule has 2 atom stereocenters. The molecule has 3 rings (SSSR count). The molecule has 1 fully saturated rings. The topological polar surface area (TPSA) is 75.7 Å². The first-order valence-electron chi connectivity index (χ1n) is 9.54. The number of anilines is 2. The van der Waals surface area contributed by atoms with Gasteiger partial charge in [-0.1, -0.05) is 25.1 Å². The molecule has 1 aliphatic rings. The third kappa shape index (κ3) is 4.80. The van der Waals surface area contributed by atoms with Crippen molar-refractivity contribution in [3.63, 3.8) is 0 Å². The fourth-order valence-electron chi connectivity index (χ4n) is 3.27. The first kappa shape index (κ1) is 20.5. The second-order valence-corrected chi connectivity index (χ2v) is 6.96. The van der Waals surface area contributed by atoms with E-state index in [1.54, 1.807) is 4.90 Å². The highest BCUT2D eigenvalue weighted by atomic mass is 19.1. The van der Waals surface area contributed by atoms with E-state index in [1.807, 2.05) is 31.2 Å². The molecule has 152 valence electrons. The molecule has 0 bridgehead atoms. The van der Waals surface area contributed by atoms with Crippen LogP contribution in [0, 0.1) is 11.7 Å². The number of esters is 1. The molecule has 1 heterocycles. The summed E-state index contributed by atoms with van der Waals surface area (Å²) in [5.41, 5.74) is 2.23. The monoisotopic (exact) mass is 398 g/mol. The van der Waals surface area contributed by atoms with Crippen molar-refractivity contribution in [2.45, 2.75) is 32.8 Å². The number of aryl methyl sites for hydroxylation is 1. The van der Waals surface area contributed by atoms with Crippen molar-refractivity contribution >= 4 is 29.2 Å². The van der Waals surface area contributed by atoms with Gasteiger partial charge in [-0.3, -0.25) is 14.4 Å². The minimum atomic E-state index is -1.04. The molecule has 0 saturated carbocycles. The Morgan fingerprint density at radius 3 is 2.59 bits per heavy atom.